The molecule has 0 heterocycles. The standard InChI is InChI=1S/C18H21F2N/c1-21-13-17(8-10-18(19,20)11-9-17)16-7-6-14-4-2-3-5-15(14)12-16/h2-7,12,21H,8-11,13H2,1H3. The topological polar surface area (TPSA) is 12.0 Å². The van der Waals surface area contributed by atoms with E-state index in [0.717, 1.165) is 6.54 Å². The summed E-state index contributed by atoms with van der Waals surface area (Å²) >= 11 is 0. The quantitative estimate of drug-likeness (QED) is 0.877. The van der Waals surface area contributed by atoms with Crippen LogP contribution in [0.1, 0.15) is 31.2 Å². The molecule has 0 aromatic heterocycles. The van der Waals surface area contributed by atoms with E-state index in [4.69, 9.17) is 0 Å². The molecule has 0 atom stereocenters. The fourth-order valence-corrected chi connectivity index (χ4v) is 3.52. The van der Waals surface area contributed by atoms with E-state index >= 15 is 0 Å². The SMILES string of the molecule is CNCC1(c2ccc3ccccc3c2)CCC(F)(F)CC1. The highest BCUT2D eigenvalue weighted by molar-refractivity contribution is 5.83. The zero-order valence-electron chi connectivity index (χ0n) is 12.3. The highest BCUT2D eigenvalue weighted by Crippen LogP contribution is 2.45. The van der Waals surface area contributed by atoms with Gasteiger partial charge in [0, 0.05) is 24.8 Å². The largest absolute Gasteiger partial charge is 0.319 e. The Hall–Kier alpha value is -1.48. The molecule has 0 aliphatic heterocycles. The zero-order chi connectivity index (χ0) is 14.9. The van der Waals surface area contributed by atoms with Crippen molar-refractivity contribution in [3.63, 3.8) is 0 Å². The minimum Gasteiger partial charge on any atom is -0.319 e. The first kappa shape index (κ1) is 14.5. The fraction of sp³-hybridized carbons (Fsp3) is 0.444. The summed E-state index contributed by atoms with van der Waals surface area (Å²) in [5.74, 6) is -2.49. The highest BCUT2D eigenvalue weighted by Gasteiger charge is 2.43. The van der Waals surface area contributed by atoms with E-state index in [1.54, 1.807) is 0 Å². The summed E-state index contributed by atoms with van der Waals surface area (Å²) in [7, 11) is 1.90. The molecule has 2 aromatic carbocycles. The second-order valence-corrected chi connectivity index (χ2v) is 6.23. The minimum absolute atomic E-state index is 0.0124. The van der Waals surface area contributed by atoms with E-state index in [-0.39, 0.29) is 18.3 Å². The van der Waals surface area contributed by atoms with Crippen LogP contribution in [0.4, 0.5) is 8.78 Å². The maximum absolute atomic E-state index is 13.5. The van der Waals surface area contributed by atoms with Gasteiger partial charge in [0.1, 0.15) is 0 Å². The summed E-state index contributed by atoms with van der Waals surface area (Å²) in [4.78, 5) is 0. The van der Waals surface area contributed by atoms with Crippen molar-refractivity contribution in [2.24, 2.45) is 0 Å². The Morgan fingerprint density at radius 3 is 2.29 bits per heavy atom. The van der Waals surface area contributed by atoms with Crippen molar-refractivity contribution in [1.29, 1.82) is 0 Å². The van der Waals surface area contributed by atoms with Crippen LogP contribution in [0.15, 0.2) is 42.5 Å². The summed E-state index contributed by atoms with van der Waals surface area (Å²) < 4.78 is 27.1. The lowest BCUT2D eigenvalue weighted by Crippen LogP contribution is -2.43. The molecule has 112 valence electrons. The Kier molecular flexibility index (Phi) is 3.70. The Morgan fingerprint density at radius 1 is 0.952 bits per heavy atom. The molecule has 0 spiro atoms. The van der Waals surface area contributed by atoms with E-state index in [0.29, 0.717) is 12.8 Å². The van der Waals surface area contributed by atoms with Crippen molar-refractivity contribution in [3.8, 4) is 0 Å². The molecular weight excluding hydrogens is 268 g/mol. The molecule has 1 aliphatic carbocycles. The van der Waals surface area contributed by atoms with Gasteiger partial charge in [-0.3, -0.25) is 0 Å². The first-order chi connectivity index (χ1) is 10.0. The van der Waals surface area contributed by atoms with Gasteiger partial charge in [0.25, 0.3) is 0 Å². The zero-order valence-corrected chi connectivity index (χ0v) is 12.3. The molecule has 1 aliphatic rings. The lowest BCUT2D eigenvalue weighted by Gasteiger charge is -2.40. The van der Waals surface area contributed by atoms with E-state index in [9.17, 15) is 8.78 Å². The van der Waals surface area contributed by atoms with Crippen LogP contribution in [0, 0.1) is 0 Å². The monoisotopic (exact) mass is 289 g/mol. The van der Waals surface area contributed by atoms with Gasteiger partial charge < -0.3 is 5.32 Å². The summed E-state index contributed by atoms with van der Waals surface area (Å²) in [5.41, 5.74) is 1.02. The number of likely N-dealkylation sites (N-methyl/N-ethyl adjacent to an activating group) is 1. The van der Waals surface area contributed by atoms with Crippen molar-refractivity contribution in [2.45, 2.75) is 37.0 Å². The lowest BCUT2D eigenvalue weighted by molar-refractivity contribution is -0.0516. The number of nitrogens with one attached hydrogen (secondary N) is 1. The first-order valence-electron chi connectivity index (χ1n) is 7.56. The molecule has 3 rings (SSSR count). The first-order valence-corrected chi connectivity index (χ1v) is 7.56. The molecule has 0 saturated heterocycles. The van der Waals surface area contributed by atoms with Crippen molar-refractivity contribution < 1.29 is 8.78 Å². The number of rotatable bonds is 3. The van der Waals surface area contributed by atoms with E-state index in [1.807, 2.05) is 19.2 Å². The number of benzene rings is 2. The van der Waals surface area contributed by atoms with Crippen LogP contribution in [-0.4, -0.2) is 19.5 Å². The average molecular weight is 289 g/mol. The summed E-state index contributed by atoms with van der Waals surface area (Å²) in [5, 5.41) is 5.59. The predicted octanol–water partition coefficient (Wildman–Crippen LogP) is 4.51. The maximum Gasteiger partial charge on any atom is 0.248 e. The normalized spacial score (nSPS) is 20.5. The van der Waals surface area contributed by atoms with Gasteiger partial charge >= 0.3 is 0 Å². The number of halogens is 2. The number of hydrogen-bond donors (Lipinski definition) is 1. The van der Waals surface area contributed by atoms with E-state index in [1.165, 1.54) is 16.3 Å². The number of fused-ring (bicyclic) bond motifs is 1. The van der Waals surface area contributed by atoms with Gasteiger partial charge in [0.05, 0.1) is 0 Å². The second-order valence-electron chi connectivity index (χ2n) is 6.23. The predicted molar refractivity (Wildman–Crippen MR) is 83.0 cm³/mol. The van der Waals surface area contributed by atoms with Crippen molar-refractivity contribution in [2.75, 3.05) is 13.6 Å². The van der Waals surface area contributed by atoms with Crippen LogP contribution in [0.3, 0.4) is 0 Å². The van der Waals surface area contributed by atoms with Crippen molar-refractivity contribution >= 4 is 10.8 Å². The summed E-state index contributed by atoms with van der Waals surface area (Å²) in [6.07, 6.45) is 1.06. The summed E-state index contributed by atoms with van der Waals surface area (Å²) in [6, 6.07) is 14.6. The molecule has 0 radical (unpaired) electrons. The van der Waals surface area contributed by atoms with Gasteiger partial charge in [0.15, 0.2) is 0 Å². The second kappa shape index (κ2) is 5.38. The van der Waals surface area contributed by atoms with Gasteiger partial charge in [-0.25, -0.2) is 8.78 Å². The molecule has 0 unspecified atom stereocenters. The Morgan fingerprint density at radius 2 is 1.62 bits per heavy atom. The lowest BCUT2D eigenvalue weighted by atomic mass is 9.68. The minimum atomic E-state index is -2.49. The molecule has 0 amide bonds. The molecule has 1 nitrogen and oxygen atoms in total. The van der Waals surface area contributed by atoms with Crippen LogP contribution in [-0.2, 0) is 5.41 Å². The highest BCUT2D eigenvalue weighted by atomic mass is 19.3. The van der Waals surface area contributed by atoms with Crippen LogP contribution < -0.4 is 5.32 Å². The number of alkyl halides is 2. The molecule has 3 heteroatoms. The van der Waals surface area contributed by atoms with Crippen molar-refractivity contribution in [1.82, 2.24) is 5.32 Å². The number of hydrogen-bond acceptors (Lipinski definition) is 1. The van der Waals surface area contributed by atoms with E-state index in [2.05, 4.69) is 35.6 Å². The van der Waals surface area contributed by atoms with Gasteiger partial charge in [0.2, 0.25) is 5.92 Å². The summed E-state index contributed by atoms with van der Waals surface area (Å²) in [6.45, 7) is 0.751. The Labute approximate surface area is 124 Å². The Bertz CT molecular complexity index is 626. The van der Waals surface area contributed by atoms with Crippen molar-refractivity contribution in [3.05, 3.63) is 48.0 Å². The molecule has 0 bridgehead atoms. The molecule has 1 fully saturated rings. The van der Waals surface area contributed by atoms with E-state index < -0.39 is 5.92 Å². The maximum atomic E-state index is 13.5. The van der Waals surface area contributed by atoms with Gasteiger partial charge in [-0.1, -0.05) is 42.5 Å². The average Bonchev–Trinajstić information content (AvgIpc) is 2.49. The van der Waals surface area contributed by atoms with Gasteiger partial charge in [-0.2, -0.15) is 0 Å². The van der Waals surface area contributed by atoms with Crippen LogP contribution in [0.5, 0.6) is 0 Å². The third kappa shape index (κ3) is 2.80. The molecule has 1 saturated carbocycles. The van der Waals surface area contributed by atoms with Gasteiger partial charge in [-0.15, -0.1) is 0 Å². The fourth-order valence-electron chi connectivity index (χ4n) is 3.52. The van der Waals surface area contributed by atoms with Crippen LogP contribution >= 0.6 is 0 Å². The van der Waals surface area contributed by atoms with Crippen LogP contribution in [0.2, 0.25) is 0 Å². The molecule has 1 N–H and O–H groups in total. The van der Waals surface area contributed by atoms with Crippen LogP contribution in [0.25, 0.3) is 10.8 Å². The molecule has 21 heavy (non-hydrogen) atoms. The Balaban J connectivity index is 1.99. The molecular formula is C18H21F2N. The third-order valence-corrected chi connectivity index (χ3v) is 4.82. The molecule has 2 aromatic rings. The third-order valence-electron chi connectivity index (χ3n) is 4.82. The van der Waals surface area contributed by atoms with Gasteiger partial charge in [-0.05, 0) is 36.2 Å². The smallest absolute Gasteiger partial charge is 0.248 e.